The molecule has 0 fully saturated rings. The summed E-state index contributed by atoms with van der Waals surface area (Å²) in [7, 11) is 3.64. The molecule has 0 aliphatic carbocycles. The summed E-state index contributed by atoms with van der Waals surface area (Å²) in [5.74, 6) is 2.21. The van der Waals surface area contributed by atoms with E-state index in [9.17, 15) is 0 Å². The molecule has 0 aliphatic heterocycles. The SMILES string of the molecule is COc1cc(N(C)CCNC(C)(C)C)nc(C)n1. The van der Waals surface area contributed by atoms with Crippen molar-refractivity contribution in [2.24, 2.45) is 0 Å². The lowest BCUT2D eigenvalue weighted by Crippen LogP contribution is -2.40. The van der Waals surface area contributed by atoms with Gasteiger partial charge in [-0.15, -0.1) is 0 Å². The summed E-state index contributed by atoms with van der Waals surface area (Å²) in [6.07, 6.45) is 0. The van der Waals surface area contributed by atoms with Gasteiger partial charge in [0.05, 0.1) is 7.11 Å². The Morgan fingerprint density at radius 2 is 2.00 bits per heavy atom. The molecular formula is C13H24N4O. The largest absolute Gasteiger partial charge is 0.481 e. The molecule has 5 nitrogen and oxygen atoms in total. The predicted molar refractivity (Wildman–Crippen MR) is 74.3 cm³/mol. The molecule has 0 amide bonds. The average molecular weight is 252 g/mol. The Morgan fingerprint density at radius 1 is 1.33 bits per heavy atom. The molecule has 0 atom stereocenters. The second kappa shape index (κ2) is 6.00. The first-order chi connectivity index (χ1) is 8.31. The molecule has 0 unspecified atom stereocenters. The zero-order valence-corrected chi connectivity index (χ0v) is 12.2. The van der Waals surface area contributed by atoms with Crippen LogP contribution >= 0.6 is 0 Å². The molecule has 0 aliphatic rings. The van der Waals surface area contributed by atoms with E-state index in [2.05, 4.69) is 41.0 Å². The summed E-state index contributed by atoms with van der Waals surface area (Å²) in [6.45, 7) is 10.1. The predicted octanol–water partition coefficient (Wildman–Crippen LogP) is 1.62. The van der Waals surface area contributed by atoms with Crippen LogP contribution in [0.15, 0.2) is 6.07 Å². The van der Waals surface area contributed by atoms with Crippen molar-refractivity contribution < 1.29 is 4.74 Å². The minimum Gasteiger partial charge on any atom is -0.481 e. The number of methoxy groups -OCH3 is 1. The monoisotopic (exact) mass is 252 g/mol. The van der Waals surface area contributed by atoms with Crippen molar-refractivity contribution in [1.29, 1.82) is 0 Å². The van der Waals surface area contributed by atoms with Gasteiger partial charge in [-0.3, -0.25) is 0 Å². The van der Waals surface area contributed by atoms with Crippen LogP contribution in [0, 0.1) is 6.92 Å². The Kier molecular flexibility index (Phi) is 4.90. The summed E-state index contributed by atoms with van der Waals surface area (Å²) in [6, 6.07) is 1.85. The quantitative estimate of drug-likeness (QED) is 0.863. The van der Waals surface area contributed by atoms with E-state index in [1.807, 2.05) is 20.0 Å². The van der Waals surface area contributed by atoms with Gasteiger partial charge in [-0.05, 0) is 27.7 Å². The van der Waals surface area contributed by atoms with Crippen LogP contribution in [0.25, 0.3) is 0 Å². The Balaban J connectivity index is 2.61. The number of nitrogens with zero attached hydrogens (tertiary/aromatic N) is 3. The molecular weight excluding hydrogens is 228 g/mol. The smallest absolute Gasteiger partial charge is 0.218 e. The van der Waals surface area contributed by atoms with Crippen molar-refractivity contribution in [1.82, 2.24) is 15.3 Å². The molecule has 102 valence electrons. The van der Waals surface area contributed by atoms with Gasteiger partial charge in [-0.2, -0.15) is 4.98 Å². The molecule has 0 spiro atoms. The molecule has 18 heavy (non-hydrogen) atoms. The molecule has 1 heterocycles. The van der Waals surface area contributed by atoms with Gasteiger partial charge in [0.25, 0.3) is 0 Å². The average Bonchev–Trinajstić information content (AvgIpc) is 2.26. The van der Waals surface area contributed by atoms with E-state index in [1.54, 1.807) is 7.11 Å². The third-order valence-corrected chi connectivity index (χ3v) is 2.50. The summed E-state index contributed by atoms with van der Waals surface area (Å²) in [5, 5.41) is 3.45. The van der Waals surface area contributed by atoms with Gasteiger partial charge >= 0.3 is 0 Å². The van der Waals surface area contributed by atoms with Gasteiger partial charge in [-0.25, -0.2) is 4.98 Å². The van der Waals surface area contributed by atoms with Crippen molar-refractivity contribution in [2.75, 3.05) is 32.1 Å². The highest BCUT2D eigenvalue weighted by molar-refractivity contribution is 5.40. The van der Waals surface area contributed by atoms with Crippen LogP contribution in [0.1, 0.15) is 26.6 Å². The maximum atomic E-state index is 5.15. The van der Waals surface area contributed by atoms with Crippen LogP contribution in [0.5, 0.6) is 5.88 Å². The zero-order valence-electron chi connectivity index (χ0n) is 12.2. The highest BCUT2D eigenvalue weighted by Crippen LogP contribution is 2.15. The Bertz CT molecular complexity index is 387. The first-order valence-corrected chi connectivity index (χ1v) is 6.17. The molecule has 0 saturated heterocycles. The van der Waals surface area contributed by atoms with Crippen LogP contribution in [-0.2, 0) is 0 Å². The van der Waals surface area contributed by atoms with Gasteiger partial charge in [0.2, 0.25) is 5.88 Å². The van der Waals surface area contributed by atoms with Crippen LogP contribution in [0.2, 0.25) is 0 Å². The van der Waals surface area contributed by atoms with E-state index >= 15 is 0 Å². The van der Waals surface area contributed by atoms with Crippen molar-refractivity contribution >= 4 is 5.82 Å². The van der Waals surface area contributed by atoms with Crippen LogP contribution in [-0.4, -0.2) is 42.8 Å². The van der Waals surface area contributed by atoms with E-state index in [0.29, 0.717) is 5.88 Å². The number of ether oxygens (including phenoxy) is 1. The summed E-state index contributed by atoms with van der Waals surface area (Å²) >= 11 is 0. The Hall–Kier alpha value is -1.36. The van der Waals surface area contributed by atoms with Crippen LogP contribution in [0.4, 0.5) is 5.82 Å². The van der Waals surface area contributed by atoms with Crippen molar-refractivity contribution in [3.05, 3.63) is 11.9 Å². The fraction of sp³-hybridized carbons (Fsp3) is 0.692. The fourth-order valence-corrected chi connectivity index (χ4v) is 1.54. The number of nitrogens with one attached hydrogen (secondary N) is 1. The maximum Gasteiger partial charge on any atom is 0.218 e. The van der Waals surface area contributed by atoms with Crippen molar-refractivity contribution in [2.45, 2.75) is 33.2 Å². The number of anilines is 1. The first-order valence-electron chi connectivity index (χ1n) is 6.17. The fourth-order valence-electron chi connectivity index (χ4n) is 1.54. The zero-order chi connectivity index (χ0) is 13.8. The first kappa shape index (κ1) is 14.7. The molecule has 0 radical (unpaired) electrons. The van der Waals surface area contributed by atoms with Gasteiger partial charge in [0.15, 0.2) is 0 Å². The van der Waals surface area contributed by atoms with Gasteiger partial charge in [0, 0.05) is 31.7 Å². The summed E-state index contributed by atoms with van der Waals surface area (Å²) in [5.41, 5.74) is 0.139. The standard InChI is InChI=1S/C13H24N4O/c1-10-15-11(9-12(16-10)18-6)17(5)8-7-14-13(2,3)4/h9,14H,7-8H2,1-6H3. The Labute approximate surface area is 110 Å². The minimum atomic E-state index is 0.139. The number of aryl methyl sites for hydroxylation is 1. The summed E-state index contributed by atoms with van der Waals surface area (Å²) in [4.78, 5) is 10.7. The van der Waals surface area contributed by atoms with E-state index < -0.39 is 0 Å². The summed E-state index contributed by atoms with van der Waals surface area (Å²) < 4.78 is 5.15. The number of likely N-dealkylation sites (N-methyl/N-ethyl adjacent to an activating group) is 1. The lowest BCUT2D eigenvalue weighted by Gasteiger charge is -2.24. The lowest BCUT2D eigenvalue weighted by atomic mass is 10.1. The maximum absolute atomic E-state index is 5.15. The molecule has 5 heteroatoms. The van der Waals surface area contributed by atoms with Gasteiger partial charge in [-0.1, -0.05) is 0 Å². The van der Waals surface area contributed by atoms with E-state index in [-0.39, 0.29) is 5.54 Å². The minimum absolute atomic E-state index is 0.139. The molecule has 1 aromatic rings. The lowest BCUT2D eigenvalue weighted by molar-refractivity contribution is 0.395. The highest BCUT2D eigenvalue weighted by Gasteiger charge is 2.10. The Morgan fingerprint density at radius 3 is 2.56 bits per heavy atom. The van der Waals surface area contributed by atoms with Crippen molar-refractivity contribution in [3.63, 3.8) is 0 Å². The molecule has 0 aromatic carbocycles. The molecule has 0 bridgehead atoms. The molecule has 1 rings (SSSR count). The molecule has 1 N–H and O–H groups in total. The second-order valence-corrected chi connectivity index (χ2v) is 5.41. The third-order valence-electron chi connectivity index (χ3n) is 2.50. The number of hydrogen-bond donors (Lipinski definition) is 1. The number of aromatic nitrogens is 2. The molecule has 1 aromatic heterocycles. The normalized spacial score (nSPS) is 11.4. The van der Waals surface area contributed by atoms with E-state index in [1.165, 1.54) is 0 Å². The van der Waals surface area contributed by atoms with Gasteiger partial charge in [0.1, 0.15) is 11.6 Å². The van der Waals surface area contributed by atoms with Gasteiger partial charge < -0.3 is 15.0 Å². The topological polar surface area (TPSA) is 50.3 Å². The van der Waals surface area contributed by atoms with Crippen LogP contribution < -0.4 is 15.0 Å². The highest BCUT2D eigenvalue weighted by atomic mass is 16.5. The van der Waals surface area contributed by atoms with Crippen LogP contribution in [0.3, 0.4) is 0 Å². The van der Waals surface area contributed by atoms with Crippen molar-refractivity contribution in [3.8, 4) is 5.88 Å². The third kappa shape index (κ3) is 4.87. The number of hydrogen-bond acceptors (Lipinski definition) is 5. The van der Waals surface area contributed by atoms with E-state index in [0.717, 1.165) is 24.7 Å². The van der Waals surface area contributed by atoms with E-state index in [4.69, 9.17) is 4.74 Å². The second-order valence-electron chi connectivity index (χ2n) is 5.41. The molecule has 0 saturated carbocycles. The number of rotatable bonds is 5.